The van der Waals surface area contributed by atoms with Crippen molar-refractivity contribution >= 4 is 40.0 Å². The van der Waals surface area contributed by atoms with Crippen molar-refractivity contribution in [3.8, 4) is 0 Å². The third-order valence-electron chi connectivity index (χ3n) is 4.32. The van der Waals surface area contributed by atoms with Crippen molar-refractivity contribution in [2.24, 2.45) is 7.05 Å². The van der Waals surface area contributed by atoms with Crippen molar-refractivity contribution in [2.45, 2.75) is 29.6 Å². The van der Waals surface area contributed by atoms with Crippen LogP contribution in [0.15, 0.2) is 36.5 Å². The number of hydrogen-bond acceptors (Lipinski definition) is 1. The van der Waals surface area contributed by atoms with Crippen LogP contribution in [-0.4, -0.2) is 27.3 Å². The highest BCUT2D eigenvalue weighted by molar-refractivity contribution is 6.24. The number of hydrogen-bond donors (Lipinski definition) is 1. The first-order valence-corrected chi connectivity index (χ1v) is 8.26. The van der Waals surface area contributed by atoms with Gasteiger partial charge in [0, 0.05) is 24.7 Å². The minimum absolute atomic E-state index is 0.209. The van der Waals surface area contributed by atoms with Gasteiger partial charge >= 0.3 is 0 Å². The van der Waals surface area contributed by atoms with Gasteiger partial charge in [0.2, 0.25) is 0 Å². The lowest BCUT2D eigenvalue weighted by atomic mass is 9.90. The summed E-state index contributed by atoms with van der Waals surface area (Å²) in [4.78, 5) is 12.6. The molecule has 3 rings (SSSR count). The summed E-state index contributed by atoms with van der Waals surface area (Å²) in [6.45, 7) is 3.89. The summed E-state index contributed by atoms with van der Waals surface area (Å²) in [5.41, 5.74) is 1.86. The largest absolute Gasteiger partial charge is 0.350 e. The number of halogens is 3. The van der Waals surface area contributed by atoms with Gasteiger partial charge in [-0.2, -0.15) is 0 Å². The van der Waals surface area contributed by atoms with Gasteiger partial charge in [0.25, 0.3) is 5.91 Å². The average molecular weight is 355 g/mol. The van der Waals surface area contributed by atoms with Gasteiger partial charge in [0.05, 0.1) is 21.8 Å². The molecule has 1 aliphatic rings. The Hall–Kier alpha value is -1.52. The van der Waals surface area contributed by atoms with E-state index in [1.54, 1.807) is 29.9 Å². The quantitative estimate of drug-likeness (QED) is 0.642. The maximum Gasteiger partial charge on any atom is 0.253 e. The number of nitrogens with zero attached hydrogens (tertiary/aromatic N) is 1. The lowest BCUT2D eigenvalue weighted by Crippen LogP contribution is -2.45. The molecule has 1 saturated carbocycles. The molecule has 6 heteroatoms. The van der Waals surface area contributed by atoms with E-state index in [9.17, 15) is 9.18 Å². The van der Waals surface area contributed by atoms with E-state index in [0.717, 1.165) is 5.57 Å². The molecular formula is C17H17Cl2FN2O. The molecule has 1 fully saturated rings. The summed E-state index contributed by atoms with van der Waals surface area (Å²) >= 11 is 12.5. The maximum atomic E-state index is 14.1. The lowest BCUT2D eigenvalue weighted by molar-refractivity contribution is 0.0933. The van der Waals surface area contributed by atoms with Gasteiger partial charge in [-0.15, -0.1) is 23.2 Å². The predicted octanol–water partition coefficient (Wildman–Crippen LogP) is 3.98. The summed E-state index contributed by atoms with van der Waals surface area (Å²) in [6, 6.07) is 4.49. The van der Waals surface area contributed by atoms with Crippen LogP contribution >= 0.6 is 23.2 Å². The fraction of sp³-hybridized carbons (Fsp3) is 0.353. The number of amides is 1. The van der Waals surface area contributed by atoms with Crippen LogP contribution in [0.3, 0.4) is 0 Å². The molecule has 0 bridgehead atoms. The van der Waals surface area contributed by atoms with Gasteiger partial charge in [0.15, 0.2) is 0 Å². The zero-order valence-corrected chi connectivity index (χ0v) is 14.2. The van der Waals surface area contributed by atoms with Gasteiger partial charge in [-0.25, -0.2) is 4.39 Å². The van der Waals surface area contributed by atoms with Crippen molar-refractivity contribution < 1.29 is 9.18 Å². The second-order valence-corrected chi connectivity index (χ2v) is 7.04. The van der Waals surface area contributed by atoms with Crippen LogP contribution < -0.4 is 5.32 Å². The smallest absolute Gasteiger partial charge is 0.253 e. The number of carbonyl (C=O) groups is 1. The second-order valence-electron chi connectivity index (χ2n) is 5.95. The first-order chi connectivity index (χ1) is 10.9. The number of aromatic nitrogens is 1. The van der Waals surface area contributed by atoms with Gasteiger partial charge in [-0.05, 0) is 25.0 Å². The Bertz CT molecular complexity index is 786. The summed E-state index contributed by atoms with van der Waals surface area (Å²) in [5, 5.41) is 2.74. The molecule has 0 spiro atoms. The molecule has 1 N–H and O–H groups in total. The fourth-order valence-electron chi connectivity index (χ4n) is 3.03. The minimum Gasteiger partial charge on any atom is -0.350 e. The average Bonchev–Trinajstić information content (AvgIpc) is 2.84. The highest BCUT2D eigenvalue weighted by atomic mass is 35.5. The standard InChI is InChI=1S/C17H17Cl2FN2O/c1-9-6-12(19)14(7-11(9)18)21-17(23)10-8-22(2)15-5-3-4-13(20)16(10)15/h3-5,8,11-12,14H,1,6-7H2,2H3,(H,21,23). The van der Waals surface area contributed by atoms with Gasteiger partial charge in [-0.3, -0.25) is 4.79 Å². The number of aryl methyl sites for hydroxylation is 1. The van der Waals surface area contributed by atoms with Crippen molar-refractivity contribution in [3.63, 3.8) is 0 Å². The molecule has 3 nitrogen and oxygen atoms in total. The van der Waals surface area contributed by atoms with Gasteiger partial charge in [-0.1, -0.05) is 18.2 Å². The highest BCUT2D eigenvalue weighted by Crippen LogP contribution is 2.31. The van der Waals surface area contributed by atoms with E-state index in [0.29, 0.717) is 29.3 Å². The minimum atomic E-state index is -0.414. The normalized spacial score (nSPS) is 24.9. The van der Waals surface area contributed by atoms with Crippen LogP contribution in [0.2, 0.25) is 0 Å². The maximum absolute atomic E-state index is 14.1. The number of fused-ring (bicyclic) bond motifs is 1. The van der Waals surface area contributed by atoms with E-state index >= 15 is 0 Å². The Kier molecular flexibility index (Phi) is 4.39. The number of benzene rings is 1. The monoisotopic (exact) mass is 354 g/mol. The van der Waals surface area contributed by atoms with Crippen molar-refractivity contribution in [2.75, 3.05) is 0 Å². The molecule has 122 valence electrons. The Morgan fingerprint density at radius 1 is 1.43 bits per heavy atom. The topological polar surface area (TPSA) is 34.0 Å². The molecule has 0 saturated heterocycles. The lowest BCUT2D eigenvalue weighted by Gasteiger charge is -2.32. The van der Waals surface area contributed by atoms with E-state index < -0.39 is 5.82 Å². The molecular weight excluding hydrogens is 338 g/mol. The number of nitrogens with one attached hydrogen (secondary N) is 1. The van der Waals surface area contributed by atoms with Crippen LogP contribution in [0.4, 0.5) is 4.39 Å². The molecule has 1 amide bonds. The molecule has 1 heterocycles. The Labute approximate surface area is 144 Å². The highest BCUT2D eigenvalue weighted by Gasteiger charge is 2.32. The summed E-state index contributed by atoms with van der Waals surface area (Å²) in [5.74, 6) is -0.754. The second kappa shape index (κ2) is 6.17. The van der Waals surface area contributed by atoms with Gasteiger partial charge in [0.1, 0.15) is 5.82 Å². The first kappa shape index (κ1) is 16.3. The molecule has 0 radical (unpaired) electrons. The molecule has 0 aliphatic heterocycles. The number of rotatable bonds is 2. The summed E-state index contributed by atoms with van der Waals surface area (Å²) in [6.07, 6.45) is 2.71. The van der Waals surface area contributed by atoms with Crippen molar-refractivity contribution in [3.05, 3.63) is 47.9 Å². The predicted molar refractivity (Wildman–Crippen MR) is 91.8 cm³/mol. The van der Waals surface area contributed by atoms with Crippen molar-refractivity contribution in [1.82, 2.24) is 9.88 Å². The van der Waals surface area contributed by atoms with E-state index in [-0.39, 0.29) is 22.7 Å². The van der Waals surface area contributed by atoms with Crippen LogP contribution in [-0.2, 0) is 7.05 Å². The van der Waals surface area contributed by atoms with E-state index in [4.69, 9.17) is 23.2 Å². The zero-order valence-electron chi connectivity index (χ0n) is 12.7. The van der Waals surface area contributed by atoms with Crippen LogP contribution in [0.25, 0.3) is 10.9 Å². The van der Waals surface area contributed by atoms with Crippen LogP contribution in [0, 0.1) is 5.82 Å². The molecule has 1 aromatic carbocycles. The molecule has 2 aromatic rings. The third-order valence-corrected chi connectivity index (χ3v) is 5.27. The Morgan fingerprint density at radius 3 is 2.91 bits per heavy atom. The van der Waals surface area contributed by atoms with Gasteiger partial charge < -0.3 is 9.88 Å². The summed E-state index contributed by atoms with van der Waals surface area (Å²) in [7, 11) is 1.78. The van der Waals surface area contributed by atoms with Crippen LogP contribution in [0.1, 0.15) is 23.2 Å². The molecule has 1 aromatic heterocycles. The number of allylic oxidation sites excluding steroid dienone is 1. The number of carbonyl (C=O) groups excluding carboxylic acids is 1. The van der Waals surface area contributed by atoms with E-state index in [2.05, 4.69) is 11.9 Å². The fourth-order valence-corrected chi connectivity index (χ4v) is 3.67. The SMILES string of the molecule is C=C1CC(Cl)C(NC(=O)c2cn(C)c3cccc(F)c23)CC1Cl. The number of alkyl halides is 2. The van der Waals surface area contributed by atoms with E-state index in [1.165, 1.54) is 6.07 Å². The van der Waals surface area contributed by atoms with Crippen molar-refractivity contribution in [1.29, 1.82) is 0 Å². The molecule has 23 heavy (non-hydrogen) atoms. The first-order valence-electron chi connectivity index (χ1n) is 7.38. The Morgan fingerprint density at radius 2 is 2.17 bits per heavy atom. The zero-order chi connectivity index (χ0) is 16.7. The third kappa shape index (κ3) is 2.98. The van der Waals surface area contributed by atoms with Crippen LogP contribution in [0.5, 0.6) is 0 Å². The van der Waals surface area contributed by atoms with E-state index in [1.807, 2.05) is 0 Å². The molecule has 3 unspecified atom stereocenters. The molecule has 1 aliphatic carbocycles. The summed E-state index contributed by atoms with van der Waals surface area (Å²) < 4.78 is 15.9. The Balaban J connectivity index is 1.88. The molecule has 3 atom stereocenters.